The summed E-state index contributed by atoms with van der Waals surface area (Å²) in [6.45, 7) is 0. The van der Waals surface area contributed by atoms with Gasteiger partial charge in [-0.05, 0) is 30.3 Å². The summed E-state index contributed by atoms with van der Waals surface area (Å²) in [6, 6.07) is 11.4. The maximum Gasteiger partial charge on any atom is 0.273 e. The molecule has 7 heteroatoms. The molecular weight excluding hydrogens is 324 g/mol. The van der Waals surface area contributed by atoms with E-state index in [4.69, 9.17) is 11.6 Å². The molecule has 1 heterocycles. The van der Waals surface area contributed by atoms with Crippen molar-refractivity contribution in [2.24, 2.45) is 0 Å². The first-order chi connectivity index (χ1) is 11.0. The summed E-state index contributed by atoms with van der Waals surface area (Å²) < 4.78 is 26.4. The second-order valence-electron chi connectivity index (χ2n) is 4.75. The van der Waals surface area contributed by atoms with Crippen LogP contribution in [-0.4, -0.2) is 16.1 Å². The number of nitrogens with one attached hydrogen (secondary N) is 2. The summed E-state index contributed by atoms with van der Waals surface area (Å²) >= 11 is 5.82. The number of halogens is 3. The maximum absolute atomic E-state index is 13.5. The van der Waals surface area contributed by atoms with Crippen LogP contribution in [0.1, 0.15) is 10.5 Å². The Morgan fingerprint density at radius 3 is 2.52 bits per heavy atom. The van der Waals surface area contributed by atoms with Crippen LogP contribution in [0.2, 0.25) is 5.02 Å². The smallest absolute Gasteiger partial charge is 0.273 e. The second-order valence-corrected chi connectivity index (χ2v) is 5.19. The molecule has 1 amide bonds. The van der Waals surface area contributed by atoms with E-state index in [-0.39, 0.29) is 11.4 Å². The number of H-pyrrole nitrogens is 1. The number of anilines is 1. The van der Waals surface area contributed by atoms with Gasteiger partial charge in [0.05, 0.1) is 11.4 Å². The molecule has 0 atom stereocenters. The molecule has 3 rings (SSSR count). The van der Waals surface area contributed by atoms with Crippen LogP contribution in [-0.2, 0) is 0 Å². The molecule has 0 saturated carbocycles. The van der Waals surface area contributed by atoms with Crippen molar-refractivity contribution < 1.29 is 13.6 Å². The van der Waals surface area contributed by atoms with E-state index in [0.29, 0.717) is 16.8 Å². The lowest BCUT2D eigenvalue weighted by atomic mass is 10.1. The highest BCUT2D eigenvalue weighted by Gasteiger charge is 2.13. The fourth-order valence-electron chi connectivity index (χ4n) is 1.99. The minimum Gasteiger partial charge on any atom is -0.318 e. The van der Waals surface area contributed by atoms with Crippen LogP contribution in [0.25, 0.3) is 11.3 Å². The Bertz CT molecular complexity index is 862. The van der Waals surface area contributed by atoms with E-state index in [1.807, 2.05) is 0 Å². The molecule has 0 saturated heterocycles. The third-order valence-electron chi connectivity index (χ3n) is 3.14. The van der Waals surface area contributed by atoms with Crippen molar-refractivity contribution >= 4 is 23.2 Å². The minimum absolute atomic E-state index is 0.112. The van der Waals surface area contributed by atoms with Gasteiger partial charge >= 0.3 is 0 Å². The first-order valence-electron chi connectivity index (χ1n) is 6.61. The van der Waals surface area contributed by atoms with Crippen molar-refractivity contribution in [3.63, 3.8) is 0 Å². The molecule has 0 spiro atoms. The van der Waals surface area contributed by atoms with Crippen molar-refractivity contribution in [2.75, 3.05) is 5.32 Å². The summed E-state index contributed by atoms with van der Waals surface area (Å²) in [5.74, 6) is -2.15. The number of benzene rings is 2. The molecule has 0 aliphatic heterocycles. The molecule has 0 radical (unpaired) electrons. The number of amides is 1. The van der Waals surface area contributed by atoms with Gasteiger partial charge in [0, 0.05) is 16.7 Å². The van der Waals surface area contributed by atoms with E-state index >= 15 is 0 Å². The van der Waals surface area contributed by atoms with E-state index in [9.17, 15) is 13.6 Å². The van der Waals surface area contributed by atoms with E-state index in [2.05, 4.69) is 15.5 Å². The Morgan fingerprint density at radius 2 is 1.83 bits per heavy atom. The highest BCUT2D eigenvalue weighted by Crippen LogP contribution is 2.21. The number of hydrogen-bond acceptors (Lipinski definition) is 2. The van der Waals surface area contributed by atoms with Crippen molar-refractivity contribution in [3.05, 3.63) is 70.9 Å². The molecule has 3 aromatic rings. The lowest BCUT2D eigenvalue weighted by Crippen LogP contribution is -2.13. The highest BCUT2D eigenvalue weighted by molar-refractivity contribution is 6.30. The summed E-state index contributed by atoms with van der Waals surface area (Å²) in [5.41, 5.74) is 1.36. The molecule has 0 bridgehead atoms. The maximum atomic E-state index is 13.5. The van der Waals surface area contributed by atoms with E-state index < -0.39 is 17.5 Å². The van der Waals surface area contributed by atoms with Gasteiger partial charge < -0.3 is 5.32 Å². The van der Waals surface area contributed by atoms with Crippen molar-refractivity contribution in [3.8, 4) is 11.3 Å². The Labute approximate surface area is 135 Å². The standard InChI is InChI=1S/C16H10ClF2N3O/c17-10-3-1-9(2-4-10)14-8-15(22-21-14)16(23)20-13-6-5-11(18)7-12(13)19/h1-8H,(H,20,23)(H,21,22). The van der Waals surface area contributed by atoms with E-state index in [0.717, 1.165) is 17.7 Å². The van der Waals surface area contributed by atoms with Gasteiger partial charge in [0.2, 0.25) is 0 Å². The molecule has 23 heavy (non-hydrogen) atoms. The molecule has 0 fully saturated rings. The van der Waals surface area contributed by atoms with E-state index in [1.54, 1.807) is 24.3 Å². The first-order valence-corrected chi connectivity index (χ1v) is 6.98. The first kappa shape index (κ1) is 15.2. The molecule has 0 unspecified atom stereocenters. The zero-order chi connectivity index (χ0) is 16.4. The second kappa shape index (κ2) is 6.18. The van der Waals surface area contributed by atoms with Crippen LogP contribution < -0.4 is 5.32 Å². The van der Waals surface area contributed by atoms with Crippen molar-refractivity contribution in [2.45, 2.75) is 0 Å². The normalized spacial score (nSPS) is 10.6. The number of rotatable bonds is 3. The molecule has 0 aliphatic rings. The van der Waals surface area contributed by atoms with Crippen LogP contribution in [0.4, 0.5) is 14.5 Å². The fraction of sp³-hybridized carbons (Fsp3) is 0. The largest absolute Gasteiger partial charge is 0.318 e. The molecule has 116 valence electrons. The summed E-state index contributed by atoms with van der Waals surface area (Å²) in [6.07, 6.45) is 0. The topological polar surface area (TPSA) is 57.8 Å². The molecule has 0 aliphatic carbocycles. The van der Waals surface area contributed by atoms with Gasteiger partial charge in [0.25, 0.3) is 5.91 Å². The summed E-state index contributed by atoms with van der Waals surface area (Å²) in [5, 5.41) is 9.56. The predicted octanol–water partition coefficient (Wildman–Crippen LogP) is 4.26. The van der Waals surface area contributed by atoms with Gasteiger partial charge in [0.1, 0.15) is 17.3 Å². The Hall–Kier alpha value is -2.73. The van der Waals surface area contributed by atoms with Gasteiger partial charge in [-0.1, -0.05) is 23.7 Å². The quantitative estimate of drug-likeness (QED) is 0.752. The molecular formula is C16H10ClF2N3O. The van der Waals surface area contributed by atoms with E-state index in [1.165, 1.54) is 6.07 Å². The SMILES string of the molecule is O=C(Nc1ccc(F)cc1F)c1cc(-c2ccc(Cl)cc2)n[nH]1. The Balaban J connectivity index is 1.79. The number of aromatic amines is 1. The summed E-state index contributed by atoms with van der Waals surface area (Å²) in [7, 11) is 0. The lowest BCUT2D eigenvalue weighted by molar-refractivity contribution is 0.102. The van der Waals surface area contributed by atoms with Crippen LogP contribution in [0.15, 0.2) is 48.5 Å². The van der Waals surface area contributed by atoms with Crippen molar-refractivity contribution in [1.82, 2.24) is 10.2 Å². The number of carbonyl (C=O) groups is 1. The van der Waals surface area contributed by atoms with Crippen LogP contribution in [0, 0.1) is 11.6 Å². The van der Waals surface area contributed by atoms with Crippen LogP contribution in [0.3, 0.4) is 0 Å². The van der Waals surface area contributed by atoms with Gasteiger partial charge in [-0.15, -0.1) is 0 Å². The molecule has 2 aromatic carbocycles. The number of hydrogen-bond donors (Lipinski definition) is 2. The zero-order valence-corrected chi connectivity index (χ0v) is 12.4. The Morgan fingerprint density at radius 1 is 1.09 bits per heavy atom. The number of nitrogens with zero attached hydrogens (tertiary/aromatic N) is 1. The number of carbonyl (C=O) groups excluding carboxylic acids is 1. The van der Waals surface area contributed by atoms with Gasteiger partial charge in [-0.3, -0.25) is 9.89 Å². The zero-order valence-electron chi connectivity index (χ0n) is 11.6. The van der Waals surface area contributed by atoms with Crippen LogP contribution in [0.5, 0.6) is 0 Å². The fourth-order valence-corrected chi connectivity index (χ4v) is 2.11. The minimum atomic E-state index is -0.851. The van der Waals surface area contributed by atoms with Gasteiger partial charge in [-0.25, -0.2) is 8.78 Å². The van der Waals surface area contributed by atoms with Crippen molar-refractivity contribution in [1.29, 1.82) is 0 Å². The molecule has 1 aromatic heterocycles. The highest BCUT2D eigenvalue weighted by atomic mass is 35.5. The molecule has 2 N–H and O–H groups in total. The molecule has 4 nitrogen and oxygen atoms in total. The van der Waals surface area contributed by atoms with Gasteiger partial charge in [-0.2, -0.15) is 5.10 Å². The Kier molecular flexibility index (Phi) is 4.08. The van der Waals surface area contributed by atoms with Gasteiger partial charge in [0.15, 0.2) is 0 Å². The van der Waals surface area contributed by atoms with Crippen LogP contribution >= 0.6 is 11.6 Å². The average Bonchev–Trinajstić information content (AvgIpc) is 3.01. The predicted molar refractivity (Wildman–Crippen MR) is 83.3 cm³/mol. The third-order valence-corrected chi connectivity index (χ3v) is 3.39. The average molecular weight is 334 g/mol. The summed E-state index contributed by atoms with van der Waals surface area (Å²) in [4.78, 5) is 12.1. The lowest BCUT2D eigenvalue weighted by Gasteiger charge is -2.04. The third kappa shape index (κ3) is 3.37. The monoisotopic (exact) mass is 333 g/mol. The number of aromatic nitrogens is 2.